The molecule has 1 aromatic heterocycles. The third-order valence-electron chi connectivity index (χ3n) is 3.49. The topological polar surface area (TPSA) is 52.6 Å². The maximum absolute atomic E-state index is 4.58. The third-order valence-corrected chi connectivity index (χ3v) is 4.38. The first-order valence-electron chi connectivity index (χ1n) is 7.70. The zero-order chi connectivity index (χ0) is 15.7. The van der Waals surface area contributed by atoms with E-state index in [1.165, 1.54) is 11.3 Å². The molecule has 1 unspecified atom stereocenters. The first kappa shape index (κ1) is 17.9. The molecule has 0 aliphatic carbocycles. The van der Waals surface area contributed by atoms with Gasteiger partial charge in [-0.15, -0.1) is 11.3 Å². The van der Waals surface area contributed by atoms with Gasteiger partial charge < -0.3 is 15.5 Å². The number of aromatic nitrogens is 1. The van der Waals surface area contributed by atoms with Crippen molar-refractivity contribution in [2.45, 2.75) is 46.7 Å². The van der Waals surface area contributed by atoms with Crippen LogP contribution in [0.1, 0.15) is 37.1 Å². The van der Waals surface area contributed by atoms with Gasteiger partial charge in [0.05, 0.1) is 6.54 Å². The van der Waals surface area contributed by atoms with E-state index in [0.717, 1.165) is 30.6 Å². The SMILES string of the molecule is CCNC(=NCc1ncc(C)s1)NCCN(C)C(C)CC. The standard InChI is InChI=1S/C15H29N5S/c1-6-12(3)20(5)9-8-17-15(16-7-2)19-11-14-18-10-13(4)21-14/h10,12H,6-9,11H2,1-5H3,(H2,16,17,19). The van der Waals surface area contributed by atoms with Crippen LogP contribution in [0.3, 0.4) is 0 Å². The summed E-state index contributed by atoms with van der Waals surface area (Å²) in [4.78, 5) is 12.5. The second kappa shape index (κ2) is 9.73. The van der Waals surface area contributed by atoms with Gasteiger partial charge in [-0.2, -0.15) is 0 Å². The number of hydrogen-bond acceptors (Lipinski definition) is 4. The first-order valence-corrected chi connectivity index (χ1v) is 8.52. The number of guanidine groups is 1. The minimum atomic E-state index is 0.615. The molecule has 5 nitrogen and oxygen atoms in total. The molecule has 0 saturated carbocycles. The van der Waals surface area contributed by atoms with E-state index >= 15 is 0 Å². The van der Waals surface area contributed by atoms with E-state index in [1.807, 2.05) is 6.20 Å². The molecule has 0 radical (unpaired) electrons. The zero-order valence-electron chi connectivity index (χ0n) is 13.9. The van der Waals surface area contributed by atoms with Crippen LogP contribution in [0.2, 0.25) is 0 Å². The summed E-state index contributed by atoms with van der Waals surface area (Å²) in [5.41, 5.74) is 0. The number of rotatable bonds is 8. The highest BCUT2D eigenvalue weighted by Gasteiger charge is 2.06. The molecule has 21 heavy (non-hydrogen) atoms. The van der Waals surface area contributed by atoms with Crippen molar-refractivity contribution in [1.82, 2.24) is 20.5 Å². The summed E-state index contributed by atoms with van der Waals surface area (Å²) in [5, 5.41) is 7.71. The van der Waals surface area contributed by atoms with E-state index in [4.69, 9.17) is 0 Å². The summed E-state index contributed by atoms with van der Waals surface area (Å²) in [5.74, 6) is 0.864. The summed E-state index contributed by atoms with van der Waals surface area (Å²) in [6.07, 6.45) is 3.07. The van der Waals surface area contributed by atoms with E-state index in [2.05, 4.69) is 60.3 Å². The fraction of sp³-hybridized carbons (Fsp3) is 0.733. The lowest BCUT2D eigenvalue weighted by molar-refractivity contribution is 0.255. The molecular formula is C15H29N5S. The fourth-order valence-electron chi connectivity index (χ4n) is 1.85. The molecule has 0 saturated heterocycles. The Morgan fingerprint density at radius 2 is 2.19 bits per heavy atom. The number of thiazole rings is 1. The number of aryl methyl sites for hydroxylation is 1. The van der Waals surface area contributed by atoms with Gasteiger partial charge in [-0.1, -0.05) is 6.92 Å². The van der Waals surface area contributed by atoms with E-state index in [1.54, 1.807) is 11.3 Å². The highest BCUT2D eigenvalue weighted by Crippen LogP contribution is 2.11. The van der Waals surface area contributed by atoms with Crippen molar-refractivity contribution in [1.29, 1.82) is 0 Å². The lowest BCUT2D eigenvalue weighted by Crippen LogP contribution is -2.42. The van der Waals surface area contributed by atoms with Gasteiger partial charge in [-0.05, 0) is 34.2 Å². The normalized spacial score (nSPS) is 13.5. The maximum atomic E-state index is 4.58. The Labute approximate surface area is 132 Å². The van der Waals surface area contributed by atoms with E-state index in [0.29, 0.717) is 12.6 Å². The van der Waals surface area contributed by atoms with Crippen molar-refractivity contribution in [3.63, 3.8) is 0 Å². The van der Waals surface area contributed by atoms with Crippen LogP contribution in [0.4, 0.5) is 0 Å². The van der Waals surface area contributed by atoms with Gasteiger partial charge in [0.25, 0.3) is 0 Å². The Hall–Kier alpha value is -1.14. The smallest absolute Gasteiger partial charge is 0.191 e. The number of nitrogens with one attached hydrogen (secondary N) is 2. The fourth-order valence-corrected chi connectivity index (χ4v) is 2.56. The molecule has 0 bridgehead atoms. The Morgan fingerprint density at radius 3 is 2.76 bits per heavy atom. The van der Waals surface area contributed by atoms with Crippen LogP contribution in [-0.4, -0.2) is 48.6 Å². The van der Waals surface area contributed by atoms with Crippen LogP contribution in [0.5, 0.6) is 0 Å². The van der Waals surface area contributed by atoms with Gasteiger partial charge in [0.1, 0.15) is 5.01 Å². The van der Waals surface area contributed by atoms with Gasteiger partial charge in [0.2, 0.25) is 0 Å². The first-order chi connectivity index (χ1) is 10.1. The van der Waals surface area contributed by atoms with Crippen LogP contribution in [-0.2, 0) is 6.54 Å². The predicted molar refractivity (Wildman–Crippen MR) is 92.1 cm³/mol. The molecule has 1 heterocycles. The van der Waals surface area contributed by atoms with Crippen LogP contribution in [0, 0.1) is 6.92 Å². The van der Waals surface area contributed by atoms with Crippen molar-refractivity contribution in [2.75, 3.05) is 26.7 Å². The van der Waals surface area contributed by atoms with Crippen molar-refractivity contribution >= 4 is 17.3 Å². The molecule has 0 aliphatic rings. The van der Waals surface area contributed by atoms with Gasteiger partial charge in [0.15, 0.2) is 5.96 Å². The van der Waals surface area contributed by atoms with Crippen LogP contribution in [0.15, 0.2) is 11.2 Å². The molecular weight excluding hydrogens is 282 g/mol. The van der Waals surface area contributed by atoms with E-state index < -0.39 is 0 Å². The van der Waals surface area contributed by atoms with E-state index in [-0.39, 0.29) is 0 Å². The molecule has 6 heteroatoms. The maximum Gasteiger partial charge on any atom is 0.191 e. The zero-order valence-corrected chi connectivity index (χ0v) is 14.8. The Balaban J connectivity index is 2.42. The van der Waals surface area contributed by atoms with Crippen LogP contribution < -0.4 is 10.6 Å². The highest BCUT2D eigenvalue weighted by molar-refractivity contribution is 7.11. The Morgan fingerprint density at radius 1 is 1.43 bits per heavy atom. The number of hydrogen-bond donors (Lipinski definition) is 2. The van der Waals surface area contributed by atoms with Crippen molar-refractivity contribution in [3.8, 4) is 0 Å². The van der Waals surface area contributed by atoms with Crippen molar-refractivity contribution < 1.29 is 0 Å². The lowest BCUT2D eigenvalue weighted by Gasteiger charge is -2.23. The minimum absolute atomic E-state index is 0.615. The van der Waals surface area contributed by atoms with Crippen LogP contribution in [0.25, 0.3) is 0 Å². The number of aliphatic imine (C=N–C) groups is 1. The number of nitrogens with zero attached hydrogens (tertiary/aromatic N) is 3. The van der Waals surface area contributed by atoms with Gasteiger partial charge in [-0.25, -0.2) is 9.98 Å². The van der Waals surface area contributed by atoms with E-state index in [9.17, 15) is 0 Å². The molecule has 2 N–H and O–H groups in total. The summed E-state index contributed by atoms with van der Waals surface area (Å²) < 4.78 is 0. The van der Waals surface area contributed by atoms with Crippen LogP contribution >= 0.6 is 11.3 Å². The minimum Gasteiger partial charge on any atom is -0.357 e. The summed E-state index contributed by atoms with van der Waals surface area (Å²) >= 11 is 1.70. The summed E-state index contributed by atoms with van der Waals surface area (Å²) in [6, 6.07) is 0.615. The highest BCUT2D eigenvalue weighted by atomic mass is 32.1. The van der Waals surface area contributed by atoms with Gasteiger partial charge >= 0.3 is 0 Å². The Kier molecular flexibility index (Phi) is 8.30. The largest absolute Gasteiger partial charge is 0.357 e. The molecule has 0 fully saturated rings. The second-order valence-corrected chi connectivity index (χ2v) is 6.54. The van der Waals surface area contributed by atoms with Gasteiger partial charge in [0, 0.05) is 36.8 Å². The predicted octanol–water partition coefficient (Wildman–Crippen LogP) is 2.24. The molecule has 1 aromatic rings. The van der Waals surface area contributed by atoms with Crippen molar-refractivity contribution in [2.24, 2.45) is 4.99 Å². The summed E-state index contributed by atoms with van der Waals surface area (Å²) in [6.45, 7) is 12.0. The molecule has 120 valence electrons. The second-order valence-electron chi connectivity index (χ2n) is 5.22. The average Bonchev–Trinajstić information content (AvgIpc) is 2.89. The molecule has 1 atom stereocenters. The molecule has 0 spiro atoms. The average molecular weight is 311 g/mol. The molecule has 0 aliphatic heterocycles. The Bertz CT molecular complexity index is 429. The monoisotopic (exact) mass is 311 g/mol. The molecule has 1 rings (SSSR count). The van der Waals surface area contributed by atoms with Gasteiger partial charge in [-0.3, -0.25) is 0 Å². The quantitative estimate of drug-likeness (QED) is 0.571. The summed E-state index contributed by atoms with van der Waals surface area (Å²) in [7, 11) is 2.16. The lowest BCUT2D eigenvalue weighted by atomic mass is 10.2. The third kappa shape index (κ3) is 6.91. The molecule has 0 aromatic carbocycles. The number of likely N-dealkylation sites (N-methyl/N-ethyl adjacent to an activating group) is 1. The van der Waals surface area contributed by atoms with Crippen molar-refractivity contribution in [3.05, 3.63) is 16.1 Å². The molecule has 0 amide bonds.